The van der Waals surface area contributed by atoms with E-state index in [1.807, 2.05) is 20.8 Å². The van der Waals surface area contributed by atoms with Gasteiger partial charge in [-0.2, -0.15) is 5.10 Å². The Hall–Kier alpha value is -1.07. The van der Waals surface area contributed by atoms with Crippen LogP contribution in [0.3, 0.4) is 0 Å². The topological polar surface area (TPSA) is 72.9 Å². The van der Waals surface area contributed by atoms with Crippen molar-refractivity contribution >= 4 is 18.3 Å². The second kappa shape index (κ2) is 6.02. The third-order valence-electron chi connectivity index (χ3n) is 3.06. The predicted octanol–water partition coefficient (Wildman–Crippen LogP) is 0.945. The zero-order chi connectivity index (χ0) is 12.3. The third kappa shape index (κ3) is 3.71. The van der Waals surface area contributed by atoms with E-state index in [0.29, 0.717) is 12.1 Å². The number of rotatable bonds is 4. The lowest BCUT2D eigenvalue weighted by molar-refractivity contribution is 0.0883. The predicted molar refractivity (Wildman–Crippen MR) is 70.2 cm³/mol. The highest BCUT2D eigenvalue weighted by Gasteiger charge is 2.29. The highest BCUT2D eigenvalue weighted by molar-refractivity contribution is 5.94. The zero-order valence-electron chi connectivity index (χ0n) is 10.7. The summed E-state index contributed by atoms with van der Waals surface area (Å²) in [5.74, 6) is 0.146. The van der Waals surface area contributed by atoms with Gasteiger partial charge in [-0.3, -0.25) is 9.48 Å². The van der Waals surface area contributed by atoms with Crippen molar-refractivity contribution in [2.24, 2.45) is 18.7 Å². The SMILES string of the molecule is CC(C)C(C)(CN)NC(=O)c1cnn(C)c1.Cl. The average Bonchev–Trinajstić information content (AvgIpc) is 2.64. The quantitative estimate of drug-likeness (QED) is 0.847. The fourth-order valence-electron chi connectivity index (χ4n) is 1.30. The Kier molecular flexibility index (Phi) is 5.64. The van der Waals surface area contributed by atoms with Crippen LogP contribution < -0.4 is 11.1 Å². The number of carbonyl (C=O) groups is 1. The van der Waals surface area contributed by atoms with Gasteiger partial charge in [0.25, 0.3) is 5.91 Å². The molecule has 98 valence electrons. The fraction of sp³-hybridized carbons (Fsp3) is 0.636. The average molecular weight is 261 g/mol. The highest BCUT2D eigenvalue weighted by Crippen LogP contribution is 2.15. The van der Waals surface area contributed by atoms with Gasteiger partial charge in [0, 0.05) is 19.8 Å². The molecule has 0 bridgehead atoms. The molecule has 0 aliphatic rings. The lowest BCUT2D eigenvalue weighted by Crippen LogP contribution is -2.54. The summed E-state index contributed by atoms with van der Waals surface area (Å²) in [5, 5.41) is 6.92. The van der Waals surface area contributed by atoms with Crippen molar-refractivity contribution in [1.29, 1.82) is 0 Å². The Bertz CT molecular complexity index is 377. The summed E-state index contributed by atoms with van der Waals surface area (Å²) < 4.78 is 1.60. The molecular weight excluding hydrogens is 240 g/mol. The van der Waals surface area contributed by atoms with E-state index in [2.05, 4.69) is 10.4 Å². The molecule has 0 aromatic carbocycles. The molecule has 1 amide bonds. The molecule has 0 radical (unpaired) electrons. The van der Waals surface area contributed by atoms with E-state index >= 15 is 0 Å². The molecule has 3 N–H and O–H groups in total. The minimum absolute atomic E-state index is 0. The Labute approximate surface area is 108 Å². The van der Waals surface area contributed by atoms with E-state index in [1.54, 1.807) is 24.1 Å². The molecule has 1 aromatic heterocycles. The van der Waals surface area contributed by atoms with Crippen molar-refractivity contribution in [3.05, 3.63) is 18.0 Å². The van der Waals surface area contributed by atoms with E-state index in [0.717, 1.165) is 0 Å². The summed E-state index contributed by atoms with van der Waals surface area (Å²) in [6, 6.07) is 0. The molecule has 0 aliphatic carbocycles. The summed E-state index contributed by atoms with van der Waals surface area (Å²) >= 11 is 0. The van der Waals surface area contributed by atoms with E-state index in [9.17, 15) is 4.79 Å². The van der Waals surface area contributed by atoms with Crippen LogP contribution in [-0.4, -0.2) is 27.8 Å². The normalized spacial score (nSPS) is 14.0. The van der Waals surface area contributed by atoms with Crippen LogP contribution in [0.4, 0.5) is 0 Å². The van der Waals surface area contributed by atoms with Crippen molar-refractivity contribution in [2.75, 3.05) is 6.54 Å². The Morgan fingerprint density at radius 1 is 1.65 bits per heavy atom. The van der Waals surface area contributed by atoms with Gasteiger partial charge in [0.2, 0.25) is 0 Å². The van der Waals surface area contributed by atoms with Crippen LogP contribution in [0.15, 0.2) is 12.4 Å². The summed E-state index contributed by atoms with van der Waals surface area (Å²) in [4.78, 5) is 11.9. The maximum Gasteiger partial charge on any atom is 0.254 e. The number of nitrogens with zero attached hydrogens (tertiary/aromatic N) is 2. The Balaban J connectivity index is 0.00000256. The molecular formula is C11H21ClN4O. The van der Waals surface area contributed by atoms with Crippen molar-refractivity contribution in [1.82, 2.24) is 15.1 Å². The van der Waals surface area contributed by atoms with Gasteiger partial charge >= 0.3 is 0 Å². The first-order valence-electron chi connectivity index (χ1n) is 5.40. The molecule has 0 aliphatic heterocycles. The first-order valence-corrected chi connectivity index (χ1v) is 5.40. The smallest absolute Gasteiger partial charge is 0.254 e. The van der Waals surface area contributed by atoms with Gasteiger partial charge in [0.15, 0.2) is 0 Å². The van der Waals surface area contributed by atoms with Gasteiger partial charge in [-0.1, -0.05) is 13.8 Å². The molecule has 1 unspecified atom stereocenters. The van der Waals surface area contributed by atoms with Crippen LogP contribution in [0.2, 0.25) is 0 Å². The van der Waals surface area contributed by atoms with E-state index in [4.69, 9.17) is 5.73 Å². The number of nitrogens with one attached hydrogen (secondary N) is 1. The molecule has 1 heterocycles. The second-order valence-electron chi connectivity index (χ2n) is 4.63. The number of halogens is 1. The van der Waals surface area contributed by atoms with E-state index < -0.39 is 0 Å². The van der Waals surface area contributed by atoms with Crippen molar-refractivity contribution < 1.29 is 4.79 Å². The van der Waals surface area contributed by atoms with Crippen molar-refractivity contribution in [3.8, 4) is 0 Å². The Morgan fingerprint density at radius 2 is 2.24 bits per heavy atom. The van der Waals surface area contributed by atoms with Crippen LogP contribution in [0.25, 0.3) is 0 Å². The summed E-state index contributed by atoms with van der Waals surface area (Å²) in [5.41, 5.74) is 5.88. The first kappa shape index (κ1) is 15.9. The number of amides is 1. The molecule has 0 fully saturated rings. The van der Waals surface area contributed by atoms with Crippen LogP contribution in [0.5, 0.6) is 0 Å². The lowest BCUT2D eigenvalue weighted by atomic mass is 9.88. The van der Waals surface area contributed by atoms with Crippen LogP contribution in [0.1, 0.15) is 31.1 Å². The van der Waals surface area contributed by atoms with E-state index in [1.165, 1.54) is 0 Å². The van der Waals surface area contributed by atoms with Crippen LogP contribution in [-0.2, 0) is 7.05 Å². The monoisotopic (exact) mass is 260 g/mol. The largest absolute Gasteiger partial charge is 0.345 e. The maximum absolute atomic E-state index is 11.9. The second-order valence-corrected chi connectivity index (χ2v) is 4.63. The first-order chi connectivity index (χ1) is 7.39. The van der Waals surface area contributed by atoms with Gasteiger partial charge in [-0.05, 0) is 12.8 Å². The van der Waals surface area contributed by atoms with Crippen molar-refractivity contribution in [2.45, 2.75) is 26.3 Å². The summed E-state index contributed by atoms with van der Waals surface area (Å²) in [6.45, 7) is 6.44. The van der Waals surface area contributed by atoms with Gasteiger partial charge in [0.1, 0.15) is 0 Å². The summed E-state index contributed by atoms with van der Waals surface area (Å²) in [7, 11) is 1.78. The molecule has 17 heavy (non-hydrogen) atoms. The third-order valence-corrected chi connectivity index (χ3v) is 3.06. The standard InChI is InChI=1S/C11H20N4O.ClH/c1-8(2)11(3,7-12)14-10(16)9-5-13-15(4)6-9;/h5-6,8H,7,12H2,1-4H3,(H,14,16);1H. The molecule has 0 saturated carbocycles. The van der Waals surface area contributed by atoms with E-state index in [-0.39, 0.29) is 29.8 Å². The lowest BCUT2D eigenvalue weighted by Gasteiger charge is -2.33. The van der Waals surface area contributed by atoms with Gasteiger partial charge in [-0.15, -0.1) is 12.4 Å². The minimum atomic E-state index is -0.382. The number of hydrogen-bond acceptors (Lipinski definition) is 3. The molecule has 1 aromatic rings. The highest BCUT2D eigenvalue weighted by atomic mass is 35.5. The molecule has 6 heteroatoms. The van der Waals surface area contributed by atoms with Crippen LogP contribution >= 0.6 is 12.4 Å². The maximum atomic E-state index is 11.9. The number of hydrogen-bond donors (Lipinski definition) is 2. The molecule has 0 saturated heterocycles. The molecule has 1 rings (SSSR count). The number of aromatic nitrogens is 2. The molecule has 5 nitrogen and oxygen atoms in total. The number of aryl methyl sites for hydroxylation is 1. The fourth-order valence-corrected chi connectivity index (χ4v) is 1.30. The minimum Gasteiger partial charge on any atom is -0.345 e. The zero-order valence-corrected chi connectivity index (χ0v) is 11.5. The van der Waals surface area contributed by atoms with Gasteiger partial charge < -0.3 is 11.1 Å². The van der Waals surface area contributed by atoms with Gasteiger partial charge in [0.05, 0.1) is 17.3 Å². The van der Waals surface area contributed by atoms with Crippen molar-refractivity contribution in [3.63, 3.8) is 0 Å². The number of nitrogens with two attached hydrogens (primary N) is 1. The molecule has 0 spiro atoms. The molecule has 1 atom stereocenters. The van der Waals surface area contributed by atoms with Gasteiger partial charge in [-0.25, -0.2) is 0 Å². The van der Waals surface area contributed by atoms with Crippen LogP contribution in [0, 0.1) is 5.92 Å². The Morgan fingerprint density at radius 3 is 2.59 bits per heavy atom. The number of carbonyl (C=O) groups excluding carboxylic acids is 1. The summed E-state index contributed by atoms with van der Waals surface area (Å²) in [6.07, 6.45) is 3.24.